The number of hydrogen-bond donors (Lipinski definition) is 3. The first kappa shape index (κ1) is 23.7. The van der Waals surface area contributed by atoms with Gasteiger partial charge in [0, 0.05) is 26.7 Å². The molecule has 4 N–H and O–H groups in total. The van der Waals surface area contributed by atoms with Gasteiger partial charge in [0.25, 0.3) is 0 Å². The maximum Gasteiger partial charge on any atom is 0.238 e. The average Bonchev–Trinajstić information content (AvgIpc) is 3.39. The highest BCUT2D eigenvalue weighted by Gasteiger charge is 2.58. The van der Waals surface area contributed by atoms with E-state index in [1.54, 1.807) is 19.2 Å². The monoisotopic (exact) mass is 559 g/mol. The van der Waals surface area contributed by atoms with E-state index in [-0.39, 0.29) is 64.4 Å². The predicted octanol–water partition coefficient (Wildman–Crippen LogP) is 0.424. The van der Waals surface area contributed by atoms with Gasteiger partial charge in [0.1, 0.15) is 0 Å². The third-order valence-electron chi connectivity index (χ3n) is 6.12. The molecule has 2 bridgehead atoms. The molecule has 4 atom stereocenters. The van der Waals surface area contributed by atoms with Crippen LogP contribution in [0.2, 0.25) is 0 Å². The van der Waals surface area contributed by atoms with E-state index in [0.29, 0.717) is 25.6 Å². The first-order valence-corrected chi connectivity index (χ1v) is 11.4. The van der Waals surface area contributed by atoms with Crippen molar-refractivity contribution < 1.29 is 18.0 Å². The number of allylic oxidation sites excluding steroid dienone is 2. The molecular weight excluding hydrogens is 533 g/mol. The van der Waals surface area contributed by atoms with Crippen molar-refractivity contribution in [2.24, 2.45) is 33.8 Å². The van der Waals surface area contributed by atoms with Gasteiger partial charge in [-0.3, -0.25) is 19.5 Å². The number of benzene rings is 1. The Hall–Kier alpha value is -1.99. The number of guanidine groups is 1. The quantitative estimate of drug-likeness (QED) is 0.152. The van der Waals surface area contributed by atoms with Gasteiger partial charge in [-0.2, -0.15) is 0 Å². The number of nitrogens with zero attached hydrogens (tertiary/aromatic N) is 2. The molecule has 0 aromatic heterocycles. The lowest BCUT2D eigenvalue weighted by atomic mass is 9.85. The maximum absolute atomic E-state index is 12.7. The molecule has 0 radical (unpaired) electrons. The number of halogens is 1. The highest BCUT2D eigenvalue weighted by molar-refractivity contribution is 14.0. The van der Waals surface area contributed by atoms with Gasteiger partial charge in [-0.05, 0) is 36.0 Å². The highest BCUT2D eigenvalue weighted by Crippen LogP contribution is 2.52. The van der Waals surface area contributed by atoms with E-state index in [1.165, 1.54) is 17.0 Å². The lowest BCUT2D eigenvalue weighted by molar-refractivity contribution is -0.140. The third-order valence-corrected chi connectivity index (χ3v) is 7.05. The van der Waals surface area contributed by atoms with Crippen LogP contribution in [-0.2, 0) is 26.2 Å². The Labute approximate surface area is 198 Å². The second-order valence-electron chi connectivity index (χ2n) is 7.87. The fourth-order valence-electron chi connectivity index (χ4n) is 4.67. The molecule has 1 saturated carbocycles. The van der Waals surface area contributed by atoms with Crippen LogP contribution in [0.4, 0.5) is 0 Å². The molecule has 1 aromatic rings. The standard InChI is InChI=1S/C20H25N5O4S.HI/c1-22-20(24-11-12-2-6-15(7-3-12)30(21,28)29)23-8-9-25-18(26)16-13-4-5-14(10-13)17(16)19(25)27;/h2-7,13-14,16-17H,8-11H2,1H3,(H2,21,28,29)(H2,22,23,24);1H. The molecule has 0 spiro atoms. The second-order valence-corrected chi connectivity index (χ2v) is 9.43. The van der Waals surface area contributed by atoms with Crippen molar-refractivity contribution in [3.8, 4) is 0 Å². The minimum Gasteiger partial charge on any atom is -0.355 e. The molecule has 9 nitrogen and oxygen atoms in total. The number of sulfonamides is 1. The Balaban J connectivity index is 0.00000272. The van der Waals surface area contributed by atoms with Crippen molar-refractivity contribution >= 4 is 51.8 Å². The number of rotatable bonds is 6. The summed E-state index contributed by atoms with van der Waals surface area (Å²) in [6.45, 7) is 1.11. The van der Waals surface area contributed by atoms with Crippen molar-refractivity contribution in [2.45, 2.75) is 17.9 Å². The molecule has 1 saturated heterocycles. The fourth-order valence-corrected chi connectivity index (χ4v) is 5.19. The summed E-state index contributed by atoms with van der Waals surface area (Å²) < 4.78 is 22.6. The summed E-state index contributed by atoms with van der Waals surface area (Å²) in [5.41, 5.74) is 0.853. The number of hydrogen-bond acceptors (Lipinski definition) is 5. The number of amides is 2. The second kappa shape index (κ2) is 9.25. The molecule has 11 heteroatoms. The molecule has 3 aliphatic rings. The van der Waals surface area contributed by atoms with Crippen LogP contribution in [-0.4, -0.2) is 51.2 Å². The molecule has 2 amide bonds. The van der Waals surface area contributed by atoms with Crippen LogP contribution >= 0.6 is 24.0 Å². The molecule has 31 heavy (non-hydrogen) atoms. The van der Waals surface area contributed by atoms with Crippen LogP contribution in [0.15, 0.2) is 46.3 Å². The first-order chi connectivity index (χ1) is 14.3. The number of likely N-dealkylation sites (tertiary alicyclic amines) is 1. The average molecular weight is 559 g/mol. The predicted molar refractivity (Wildman–Crippen MR) is 126 cm³/mol. The number of fused-ring (bicyclic) bond motifs is 5. The van der Waals surface area contributed by atoms with Crippen molar-refractivity contribution in [3.63, 3.8) is 0 Å². The van der Waals surface area contributed by atoms with Crippen molar-refractivity contribution in [1.29, 1.82) is 0 Å². The van der Waals surface area contributed by atoms with Gasteiger partial charge in [-0.1, -0.05) is 24.3 Å². The lowest BCUT2D eigenvalue weighted by Gasteiger charge is -2.18. The number of nitrogens with two attached hydrogens (primary N) is 1. The minimum atomic E-state index is -3.71. The van der Waals surface area contributed by atoms with E-state index in [4.69, 9.17) is 5.14 Å². The minimum absolute atomic E-state index is 0. The zero-order valence-corrected chi connectivity index (χ0v) is 20.2. The summed E-state index contributed by atoms with van der Waals surface area (Å²) in [4.78, 5) is 30.9. The molecular formula is C20H26IN5O4S. The van der Waals surface area contributed by atoms with Gasteiger partial charge in [-0.15, -0.1) is 24.0 Å². The Bertz CT molecular complexity index is 995. The Kier molecular flexibility index (Phi) is 7.06. The molecule has 1 aliphatic heterocycles. The summed E-state index contributed by atoms with van der Waals surface area (Å²) in [7, 11) is -2.09. The van der Waals surface area contributed by atoms with Crippen molar-refractivity contribution in [2.75, 3.05) is 20.1 Å². The number of carbonyl (C=O) groups excluding carboxylic acids is 2. The van der Waals surface area contributed by atoms with Crippen LogP contribution in [0.1, 0.15) is 12.0 Å². The zero-order chi connectivity index (χ0) is 21.5. The highest BCUT2D eigenvalue weighted by atomic mass is 127. The third kappa shape index (κ3) is 4.62. The van der Waals surface area contributed by atoms with E-state index in [1.807, 2.05) is 0 Å². The Morgan fingerprint density at radius 1 is 1.10 bits per heavy atom. The van der Waals surface area contributed by atoms with Gasteiger partial charge in [0.05, 0.1) is 16.7 Å². The Morgan fingerprint density at radius 3 is 2.19 bits per heavy atom. The SMILES string of the molecule is CN=C(NCCN1C(=O)C2C3C=CC(C3)C2C1=O)NCc1ccc(S(N)(=O)=O)cc1.I. The molecule has 4 rings (SSSR count). The molecule has 1 heterocycles. The summed E-state index contributed by atoms with van der Waals surface area (Å²) >= 11 is 0. The lowest BCUT2D eigenvalue weighted by Crippen LogP contribution is -2.43. The number of imide groups is 1. The van der Waals surface area contributed by atoms with E-state index >= 15 is 0 Å². The van der Waals surface area contributed by atoms with Gasteiger partial charge in [-0.25, -0.2) is 13.6 Å². The van der Waals surface area contributed by atoms with E-state index in [9.17, 15) is 18.0 Å². The first-order valence-electron chi connectivity index (χ1n) is 9.89. The molecule has 2 aliphatic carbocycles. The number of primary sulfonamides is 1. The Morgan fingerprint density at radius 2 is 1.68 bits per heavy atom. The van der Waals surface area contributed by atoms with Gasteiger partial charge >= 0.3 is 0 Å². The molecule has 168 valence electrons. The normalized spacial score (nSPS) is 26.8. The number of carbonyl (C=O) groups is 2. The summed E-state index contributed by atoms with van der Waals surface area (Å²) in [6.07, 6.45) is 5.09. The van der Waals surface area contributed by atoms with E-state index < -0.39 is 10.0 Å². The van der Waals surface area contributed by atoms with Gasteiger partial charge < -0.3 is 10.6 Å². The van der Waals surface area contributed by atoms with Crippen LogP contribution in [0.5, 0.6) is 0 Å². The molecule has 4 unspecified atom stereocenters. The van der Waals surface area contributed by atoms with Crippen LogP contribution in [0.25, 0.3) is 0 Å². The molecule has 1 aromatic carbocycles. The zero-order valence-electron chi connectivity index (χ0n) is 17.0. The smallest absolute Gasteiger partial charge is 0.238 e. The van der Waals surface area contributed by atoms with Gasteiger partial charge in [0.2, 0.25) is 21.8 Å². The fraction of sp³-hybridized carbons (Fsp3) is 0.450. The van der Waals surface area contributed by atoms with Crippen LogP contribution in [0, 0.1) is 23.7 Å². The topological polar surface area (TPSA) is 134 Å². The summed E-state index contributed by atoms with van der Waals surface area (Å²) in [6, 6.07) is 6.24. The largest absolute Gasteiger partial charge is 0.355 e. The van der Waals surface area contributed by atoms with Crippen LogP contribution in [0.3, 0.4) is 0 Å². The van der Waals surface area contributed by atoms with E-state index in [0.717, 1.165) is 12.0 Å². The summed E-state index contributed by atoms with van der Waals surface area (Å²) in [5.74, 6) is 0.485. The van der Waals surface area contributed by atoms with Crippen LogP contribution < -0.4 is 15.8 Å². The van der Waals surface area contributed by atoms with Crippen molar-refractivity contribution in [1.82, 2.24) is 15.5 Å². The van der Waals surface area contributed by atoms with Gasteiger partial charge in [0.15, 0.2) is 5.96 Å². The maximum atomic E-state index is 12.7. The number of aliphatic imine (C=N–C) groups is 1. The van der Waals surface area contributed by atoms with E-state index in [2.05, 4.69) is 27.8 Å². The number of nitrogens with one attached hydrogen (secondary N) is 2. The summed E-state index contributed by atoms with van der Waals surface area (Å²) in [5, 5.41) is 11.3. The molecule has 2 fully saturated rings. The van der Waals surface area contributed by atoms with Crippen molar-refractivity contribution in [3.05, 3.63) is 42.0 Å².